The Morgan fingerprint density at radius 3 is 2.60 bits per heavy atom. The number of anilines is 1. The van der Waals surface area contributed by atoms with Crippen LogP contribution in [-0.2, 0) is 20.7 Å². The number of nitrogens with two attached hydrogens (primary N) is 1. The number of ether oxygens (including phenoxy) is 2. The molecule has 3 saturated carbocycles. The minimum Gasteiger partial charge on any atom is -0.393 e. The van der Waals surface area contributed by atoms with Crippen molar-refractivity contribution in [3.05, 3.63) is 83.1 Å². The summed E-state index contributed by atoms with van der Waals surface area (Å²) in [6.45, 7) is 3.60. The Kier molecular flexibility index (Phi) is 6.53. The van der Waals surface area contributed by atoms with Gasteiger partial charge < -0.3 is 30.5 Å². The van der Waals surface area contributed by atoms with E-state index in [1.807, 2.05) is 42.5 Å². The van der Waals surface area contributed by atoms with Gasteiger partial charge in [-0.15, -0.1) is 0 Å². The zero-order chi connectivity index (χ0) is 29.4. The number of allylic oxidation sites excluding steroid dienone is 2. The van der Waals surface area contributed by atoms with E-state index in [2.05, 4.69) is 24.9 Å². The molecular formula is C34H40N2O6. The molecular weight excluding hydrogens is 532 g/mol. The summed E-state index contributed by atoms with van der Waals surface area (Å²) >= 11 is 0. The van der Waals surface area contributed by atoms with Crippen molar-refractivity contribution in [2.45, 2.75) is 76.2 Å². The van der Waals surface area contributed by atoms with Gasteiger partial charge >= 0.3 is 0 Å². The molecule has 42 heavy (non-hydrogen) atoms. The van der Waals surface area contributed by atoms with Crippen LogP contribution in [0.5, 0.6) is 0 Å². The molecule has 0 bridgehead atoms. The minimum absolute atomic E-state index is 0.0287. The van der Waals surface area contributed by atoms with Crippen LogP contribution in [0.25, 0.3) is 0 Å². The van der Waals surface area contributed by atoms with Gasteiger partial charge in [-0.05, 0) is 61.1 Å². The number of hydrogen-bond donors (Lipinski definition) is 4. The number of benzene rings is 1. The third kappa shape index (κ3) is 3.92. The van der Waals surface area contributed by atoms with Gasteiger partial charge in [0, 0.05) is 28.5 Å². The number of aliphatic hydroxyl groups excluding tert-OH is 3. The molecule has 222 valence electrons. The van der Waals surface area contributed by atoms with E-state index in [9.17, 15) is 20.1 Å². The molecule has 0 radical (unpaired) electrons. The van der Waals surface area contributed by atoms with Gasteiger partial charge in [-0.2, -0.15) is 0 Å². The van der Waals surface area contributed by atoms with E-state index in [1.54, 1.807) is 12.3 Å². The zero-order valence-electron chi connectivity index (χ0n) is 24.1. The molecule has 0 spiro atoms. The number of fused-ring (bicyclic) bond motifs is 7. The first-order valence-electron chi connectivity index (χ1n) is 15.1. The van der Waals surface area contributed by atoms with Gasteiger partial charge in [0.1, 0.15) is 12.4 Å². The Labute approximate surface area is 246 Å². The number of rotatable bonds is 5. The van der Waals surface area contributed by atoms with Crippen LogP contribution >= 0.6 is 0 Å². The lowest BCUT2D eigenvalue weighted by Gasteiger charge is -2.60. The lowest BCUT2D eigenvalue weighted by atomic mass is 9.46. The first-order chi connectivity index (χ1) is 20.1. The molecule has 2 aromatic rings. The minimum atomic E-state index is -1.34. The zero-order valence-corrected chi connectivity index (χ0v) is 24.1. The molecule has 8 heteroatoms. The van der Waals surface area contributed by atoms with E-state index in [1.165, 1.54) is 5.57 Å². The van der Waals surface area contributed by atoms with Crippen LogP contribution in [0.15, 0.2) is 66.4 Å². The van der Waals surface area contributed by atoms with Crippen LogP contribution in [0.3, 0.4) is 0 Å². The number of nitrogens with zero attached hydrogens (tertiary/aromatic N) is 1. The van der Waals surface area contributed by atoms with E-state index >= 15 is 0 Å². The van der Waals surface area contributed by atoms with Crippen molar-refractivity contribution in [1.29, 1.82) is 0 Å². The summed E-state index contributed by atoms with van der Waals surface area (Å²) in [6, 6.07) is 11.7. The summed E-state index contributed by atoms with van der Waals surface area (Å²) in [5, 5.41) is 32.3. The summed E-state index contributed by atoms with van der Waals surface area (Å²) in [6.07, 6.45) is 8.52. The van der Waals surface area contributed by atoms with Crippen molar-refractivity contribution in [3.8, 4) is 0 Å². The van der Waals surface area contributed by atoms with Gasteiger partial charge in [-0.1, -0.05) is 68.0 Å². The largest absolute Gasteiger partial charge is 0.393 e. The van der Waals surface area contributed by atoms with Gasteiger partial charge in [0.25, 0.3) is 0 Å². The number of aromatic nitrogens is 1. The third-order valence-corrected chi connectivity index (χ3v) is 11.4. The number of ketones is 1. The number of Topliss-reactive ketones (excluding diaryl/α,β-unsaturated/α-hetero) is 1. The lowest BCUT2D eigenvalue weighted by molar-refractivity contribution is -0.201. The number of carbonyl (C=O) groups excluding carboxylic acids is 1. The lowest BCUT2D eigenvalue weighted by Crippen LogP contribution is -2.63. The molecule has 8 nitrogen and oxygen atoms in total. The van der Waals surface area contributed by atoms with Crippen LogP contribution in [0, 0.1) is 28.6 Å². The van der Waals surface area contributed by atoms with Crippen LogP contribution in [0.1, 0.15) is 62.5 Å². The second-order valence-electron chi connectivity index (χ2n) is 13.5. The number of pyridine rings is 1. The van der Waals surface area contributed by atoms with Gasteiger partial charge in [0.05, 0.1) is 18.3 Å². The maximum Gasteiger partial charge on any atom is 0.193 e. The maximum absolute atomic E-state index is 13.7. The Morgan fingerprint density at radius 2 is 1.88 bits per heavy atom. The van der Waals surface area contributed by atoms with Crippen LogP contribution in [-0.4, -0.2) is 56.6 Å². The van der Waals surface area contributed by atoms with E-state index in [-0.39, 0.29) is 29.0 Å². The summed E-state index contributed by atoms with van der Waals surface area (Å²) in [4.78, 5) is 17.9. The Morgan fingerprint density at radius 1 is 1.12 bits per heavy atom. The molecule has 10 atom stereocenters. The van der Waals surface area contributed by atoms with Crippen LogP contribution < -0.4 is 5.73 Å². The average molecular weight is 573 g/mol. The molecule has 1 saturated heterocycles. The van der Waals surface area contributed by atoms with Crippen molar-refractivity contribution < 1.29 is 29.6 Å². The average Bonchev–Trinajstić information content (AvgIpc) is 3.47. The number of hydrogen-bond acceptors (Lipinski definition) is 8. The topological polar surface area (TPSA) is 135 Å². The van der Waals surface area contributed by atoms with Crippen molar-refractivity contribution >= 4 is 11.6 Å². The van der Waals surface area contributed by atoms with E-state index < -0.39 is 42.2 Å². The van der Waals surface area contributed by atoms with E-state index in [4.69, 9.17) is 15.2 Å². The molecule has 1 aromatic carbocycles. The molecule has 4 aliphatic carbocycles. The monoisotopic (exact) mass is 572 g/mol. The highest BCUT2D eigenvalue weighted by Crippen LogP contribution is 2.70. The van der Waals surface area contributed by atoms with Crippen LogP contribution in [0.2, 0.25) is 0 Å². The smallest absolute Gasteiger partial charge is 0.193 e. The van der Waals surface area contributed by atoms with Crippen molar-refractivity contribution in [2.75, 3.05) is 12.3 Å². The van der Waals surface area contributed by atoms with Gasteiger partial charge in [0.2, 0.25) is 0 Å². The molecule has 0 amide bonds. The van der Waals surface area contributed by atoms with Gasteiger partial charge in [-0.25, -0.2) is 4.98 Å². The second kappa shape index (κ2) is 9.82. The van der Waals surface area contributed by atoms with Gasteiger partial charge in [0.15, 0.2) is 17.7 Å². The summed E-state index contributed by atoms with van der Waals surface area (Å²) < 4.78 is 13.3. The molecule has 5 N–H and O–H groups in total. The molecule has 2 heterocycles. The number of aliphatic hydroxyl groups is 3. The summed E-state index contributed by atoms with van der Waals surface area (Å²) in [5.74, 6) is 0.327. The summed E-state index contributed by atoms with van der Waals surface area (Å²) in [7, 11) is 0. The Bertz CT molecular complexity index is 1440. The van der Waals surface area contributed by atoms with Gasteiger partial charge in [-0.3, -0.25) is 4.79 Å². The fourth-order valence-electron chi connectivity index (χ4n) is 9.52. The first kappa shape index (κ1) is 27.9. The Hall–Kier alpha value is -2.88. The molecule has 1 unspecified atom stereocenters. The quantitative estimate of drug-likeness (QED) is 0.399. The van der Waals surface area contributed by atoms with Crippen molar-refractivity contribution in [1.82, 2.24) is 4.98 Å². The molecule has 4 fully saturated rings. The van der Waals surface area contributed by atoms with E-state index in [0.717, 1.165) is 29.5 Å². The third-order valence-electron chi connectivity index (χ3n) is 11.4. The fourth-order valence-corrected chi connectivity index (χ4v) is 9.52. The highest BCUT2D eigenvalue weighted by atomic mass is 16.7. The fraction of sp³-hybridized carbons (Fsp3) is 0.529. The highest BCUT2D eigenvalue weighted by molar-refractivity contribution is 5.91. The van der Waals surface area contributed by atoms with Crippen LogP contribution in [0.4, 0.5) is 5.82 Å². The Balaban J connectivity index is 1.17. The normalized spacial score (nSPS) is 41.8. The number of nitrogen functional groups attached to an aromatic ring is 1. The summed E-state index contributed by atoms with van der Waals surface area (Å²) in [5.41, 5.74) is 7.48. The second-order valence-corrected chi connectivity index (χ2v) is 13.5. The van der Waals surface area contributed by atoms with E-state index in [0.29, 0.717) is 25.1 Å². The molecule has 1 aromatic heterocycles. The SMILES string of the molecule is C[C@]12C=CC(O)C=C1CC[C@@H]1[C@@H]2[C@@H](O)C[C@@]2(C)[C@H]1C[C@H]1O[C@@H](c3ccc(Cc4ccc(N)nc4)cc3)O[C@]12C(=O)CO. The number of carbonyl (C=O) groups is 1. The van der Waals surface area contributed by atoms with Crippen molar-refractivity contribution in [2.24, 2.45) is 28.6 Å². The molecule has 5 aliphatic rings. The molecule has 7 rings (SSSR count). The maximum atomic E-state index is 13.7. The van der Waals surface area contributed by atoms with Crippen molar-refractivity contribution in [3.63, 3.8) is 0 Å². The predicted molar refractivity (Wildman–Crippen MR) is 156 cm³/mol. The first-order valence-corrected chi connectivity index (χ1v) is 15.1. The highest BCUT2D eigenvalue weighted by Gasteiger charge is 2.75. The standard InChI is InChI=1S/C34H40N2O6/c1-32-12-11-23(38)14-22(32)8-9-24-25-15-28-34(27(40)18-37,33(25,2)16-26(39)30(24)32)42-31(41-28)21-6-3-19(4-7-21)13-20-5-10-29(35)36-17-20/h3-7,10-12,14,17,23-26,28,30-31,37-39H,8-9,13,15-16,18H2,1-2H3,(H2,35,36)/t23?,24-,25-,26-,28+,30+,31+,32-,33-,34+/m0/s1. The molecule has 1 aliphatic heterocycles. The predicted octanol–water partition coefficient (Wildman–Crippen LogP) is 3.65.